The van der Waals surface area contributed by atoms with Crippen LogP contribution in [0.15, 0.2) is 34.7 Å². The number of carbonyl (C=O) groups is 2. The molecule has 0 radical (unpaired) electrons. The van der Waals surface area contributed by atoms with Crippen LogP contribution >= 0.6 is 0 Å². The number of nitrogens with one attached hydrogen (secondary N) is 1. The van der Waals surface area contributed by atoms with Crippen molar-refractivity contribution in [1.29, 1.82) is 0 Å². The van der Waals surface area contributed by atoms with Gasteiger partial charge in [-0.3, -0.25) is 9.59 Å². The van der Waals surface area contributed by atoms with Crippen molar-refractivity contribution in [3.8, 4) is 0 Å². The minimum absolute atomic E-state index is 0.274. The average molecular weight is 315 g/mol. The monoisotopic (exact) mass is 315 g/mol. The average Bonchev–Trinajstić information content (AvgIpc) is 2.97. The van der Waals surface area contributed by atoms with Crippen LogP contribution in [0.4, 0.5) is 5.69 Å². The van der Waals surface area contributed by atoms with E-state index >= 15 is 0 Å². The Kier molecular flexibility index (Phi) is 5.21. The molecule has 0 saturated carbocycles. The summed E-state index contributed by atoms with van der Waals surface area (Å²) in [5.41, 5.74) is 2.22. The zero-order valence-electron chi connectivity index (χ0n) is 13.6. The number of aliphatic carboxylic acids is 1. The van der Waals surface area contributed by atoms with Crippen LogP contribution in [0.1, 0.15) is 54.1 Å². The van der Waals surface area contributed by atoms with Crippen molar-refractivity contribution in [2.24, 2.45) is 0 Å². The molecule has 122 valence electrons. The normalized spacial score (nSPS) is 12.0. The zero-order valence-corrected chi connectivity index (χ0v) is 13.6. The molecule has 1 aromatic heterocycles. The minimum Gasteiger partial charge on any atom is -0.481 e. The van der Waals surface area contributed by atoms with Crippen LogP contribution in [0.2, 0.25) is 0 Å². The fraction of sp³-hybridized carbons (Fsp3) is 0.333. The lowest BCUT2D eigenvalue weighted by Gasteiger charge is -2.09. The van der Waals surface area contributed by atoms with Crippen molar-refractivity contribution >= 4 is 17.6 Å². The number of aryl methyl sites for hydroxylation is 2. The van der Waals surface area contributed by atoms with Crippen LogP contribution < -0.4 is 5.32 Å². The van der Waals surface area contributed by atoms with Gasteiger partial charge in [0.1, 0.15) is 5.76 Å². The van der Waals surface area contributed by atoms with Crippen LogP contribution in [-0.2, 0) is 17.6 Å². The molecule has 0 fully saturated rings. The van der Waals surface area contributed by atoms with E-state index in [0.29, 0.717) is 11.3 Å². The first-order chi connectivity index (χ1) is 11.0. The molecule has 2 rings (SSSR count). The Balaban J connectivity index is 2.19. The van der Waals surface area contributed by atoms with E-state index in [1.54, 1.807) is 37.3 Å². The van der Waals surface area contributed by atoms with Gasteiger partial charge in [0.15, 0.2) is 5.76 Å². The summed E-state index contributed by atoms with van der Waals surface area (Å²) in [6.07, 6.45) is 1.55. The fourth-order valence-corrected chi connectivity index (χ4v) is 2.40. The standard InChI is InChI=1S/C18H21NO4/c1-4-12-10-16(23-15(12)5-2)17(20)19-14-8-6-7-13(9-14)11(3)18(21)22/h6-11H,4-5H2,1-3H3,(H,19,20)(H,21,22). The maximum atomic E-state index is 12.3. The molecule has 0 bridgehead atoms. The molecule has 0 saturated heterocycles. The highest BCUT2D eigenvalue weighted by Gasteiger charge is 2.17. The summed E-state index contributed by atoms with van der Waals surface area (Å²) in [4.78, 5) is 23.4. The molecule has 2 aromatic rings. The number of amides is 1. The van der Waals surface area contributed by atoms with Crippen LogP contribution in [0.3, 0.4) is 0 Å². The molecule has 0 aliphatic heterocycles. The van der Waals surface area contributed by atoms with Crippen molar-refractivity contribution in [1.82, 2.24) is 0 Å². The highest BCUT2D eigenvalue weighted by molar-refractivity contribution is 6.02. The lowest BCUT2D eigenvalue weighted by atomic mass is 10.0. The van der Waals surface area contributed by atoms with E-state index in [-0.39, 0.29) is 11.7 Å². The zero-order chi connectivity index (χ0) is 17.0. The summed E-state index contributed by atoms with van der Waals surface area (Å²) in [5.74, 6) is -0.769. The number of carbonyl (C=O) groups excluding carboxylic acids is 1. The smallest absolute Gasteiger partial charge is 0.310 e. The summed E-state index contributed by atoms with van der Waals surface area (Å²) in [6, 6.07) is 8.60. The first-order valence-corrected chi connectivity index (χ1v) is 7.71. The second-order valence-corrected chi connectivity index (χ2v) is 5.41. The number of hydrogen-bond donors (Lipinski definition) is 2. The van der Waals surface area contributed by atoms with Gasteiger partial charge in [0.2, 0.25) is 0 Å². The first kappa shape index (κ1) is 16.8. The largest absolute Gasteiger partial charge is 0.481 e. The van der Waals surface area contributed by atoms with Crippen molar-refractivity contribution in [3.63, 3.8) is 0 Å². The third kappa shape index (κ3) is 3.80. The molecule has 1 unspecified atom stereocenters. The van der Waals surface area contributed by atoms with E-state index in [4.69, 9.17) is 9.52 Å². The van der Waals surface area contributed by atoms with Gasteiger partial charge in [0.25, 0.3) is 5.91 Å². The van der Waals surface area contributed by atoms with Gasteiger partial charge < -0.3 is 14.8 Å². The molecule has 1 atom stereocenters. The van der Waals surface area contributed by atoms with Crippen molar-refractivity contribution in [2.45, 2.75) is 39.5 Å². The van der Waals surface area contributed by atoms with Gasteiger partial charge >= 0.3 is 5.97 Å². The van der Waals surface area contributed by atoms with Crippen molar-refractivity contribution in [3.05, 3.63) is 53.0 Å². The Morgan fingerprint density at radius 3 is 2.52 bits per heavy atom. The molecular weight excluding hydrogens is 294 g/mol. The molecule has 5 heteroatoms. The predicted molar refractivity (Wildman–Crippen MR) is 87.9 cm³/mol. The summed E-state index contributed by atoms with van der Waals surface area (Å²) >= 11 is 0. The molecule has 1 aromatic carbocycles. The van der Waals surface area contributed by atoms with Gasteiger partial charge in [-0.1, -0.05) is 26.0 Å². The number of furan rings is 1. The quantitative estimate of drug-likeness (QED) is 0.848. The van der Waals surface area contributed by atoms with Gasteiger partial charge in [0, 0.05) is 12.1 Å². The van der Waals surface area contributed by atoms with Gasteiger partial charge in [-0.05, 0) is 42.7 Å². The van der Waals surface area contributed by atoms with E-state index in [1.807, 2.05) is 13.8 Å². The molecule has 5 nitrogen and oxygen atoms in total. The Hall–Kier alpha value is -2.56. The lowest BCUT2D eigenvalue weighted by molar-refractivity contribution is -0.138. The minimum atomic E-state index is -0.903. The third-order valence-corrected chi connectivity index (χ3v) is 3.84. The lowest BCUT2D eigenvalue weighted by Crippen LogP contribution is -2.12. The van der Waals surface area contributed by atoms with E-state index in [0.717, 1.165) is 24.2 Å². The first-order valence-electron chi connectivity index (χ1n) is 7.71. The number of anilines is 1. The Morgan fingerprint density at radius 2 is 1.96 bits per heavy atom. The van der Waals surface area contributed by atoms with Gasteiger partial charge in [-0.2, -0.15) is 0 Å². The number of benzene rings is 1. The SMILES string of the molecule is CCc1cc(C(=O)Nc2cccc(C(C)C(=O)O)c2)oc1CC. The molecular formula is C18H21NO4. The molecule has 2 N–H and O–H groups in total. The number of hydrogen-bond acceptors (Lipinski definition) is 3. The third-order valence-electron chi connectivity index (χ3n) is 3.84. The number of rotatable bonds is 6. The summed E-state index contributed by atoms with van der Waals surface area (Å²) < 4.78 is 5.60. The summed E-state index contributed by atoms with van der Waals surface area (Å²) in [6.45, 7) is 5.61. The molecule has 1 heterocycles. The van der Waals surface area contributed by atoms with Gasteiger partial charge in [0.05, 0.1) is 5.92 Å². The predicted octanol–water partition coefficient (Wildman–Crippen LogP) is 3.84. The molecule has 1 amide bonds. The van der Waals surface area contributed by atoms with Gasteiger partial charge in [-0.25, -0.2) is 0 Å². The van der Waals surface area contributed by atoms with E-state index in [2.05, 4.69) is 5.32 Å². The van der Waals surface area contributed by atoms with Crippen LogP contribution in [0.5, 0.6) is 0 Å². The number of carboxylic acids is 1. The second kappa shape index (κ2) is 7.13. The Labute approximate surface area is 135 Å². The Morgan fingerprint density at radius 1 is 1.22 bits per heavy atom. The maximum absolute atomic E-state index is 12.3. The van der Waals surface area contributed by atoms with Crippen LogP contribution in [-0.4, -0.2) is 17.0 Å². The van der Waals surface area contributed by atoms with E-state index < -0.39 is 11.9 Å². The van der Waals surface area contributed by atoms with Crippen molar-refractivity contribution < 1.29 is 19.1 Å². The van der Waals surface area contributed by atoms with Crippen LogP contribution in [0, 0.1) is 0 Å². The molecule has 0 spiro atoms. The van der Waals surface area contributed by atoms with Crippen LogP contribution in [0.25, 0.3) is 0 Å². The highest BCUT2D eigenvalue weighted by atomic mass is 16.4. The highest BCUT2D eigenvalue weighted by Crippen LogP contribution is 2.21. The molecule has 0 aliphatic carbocycles. The summed E-state index contributed by atoms with van der Waals surface area (Å²) in [7, 11) is 0. The topological polar surface area (TPSA) is 79.5 Å². The fourth-order valence-electron chi connectivity index (χ4n) is 2.40. The summed E-state index contributed by atoms with van der Waals surface area (Å²) in [5, 5.41) is 11.8. The Bertz CT molecular complexity index is 696. The second-order valence-electron chi connectivity index (χ2n) is 5.41. The molecule has 23 heavy (non-hydrogen) atoms. The number of carboxylic acid groups (broad SMARTS) is 1. The van der Waals surface area contributed by atoms with Crippen molar-refractivity contribution in [2.75, 3.05) is 5.32 Å². The molecule has 0 aliphatic rings. The van der Waals surface area contributed by atoms with Gasteiger partial charge in [-0.15, -0.1) is 0 Å². The van der Waals surface area contributed by atoms with E-state index in [9.17, 15) is 9.59 Å². The maximum Gasteiger partial charge on any atom is 0.310 e. The van der Waals surface area contributed by atoms with E-state index in [1.165, 1.54) is 0 Å².